The lowest BCUT2D eigenvalue weighted by atomic mass is 10.0. The summed E-state index contributed by atoms with van der Waals surface area (Å²) in [5, 5.41) is 4.09. The first-order valence-corrected chi connectivity index (χ1v) is 12.4. The number of piperidine rings is 1. The molecule has 0 bridgehead atoms. The van der Waals surface area contributed by atoms with Gasteiger partial charge in [-0.2, -0.15) is 0 Å². The van der Waals surface area contributed by atoms with Gasteiger partial charge in [0.15, 0.2) is 5.82 Å². The molecule has 2 aliphatic rings. The molecule has 0 atom stereocenters. The number of hydrogen-bond donors (Lipinski definition) is 1. The Hall–Kier alpha value is -2.40. The van der Waals surface area contributed by atoms with Crippen molar-refractivity contribution < 1.29 is 4.74 Å². The predicted molar refractivity (Wildman–Crippen MR) is 133 cm³/mol. The van der Waals surface area contributed by atoms with E-state index in [1.165, 1.54) is 30.8 Å². The summed E-state index contributed by atoms with van der Waals surface area (Å²) in [6.45, 7) is 6.39. The molecular formula is C23H32N8OS. The number of hydrogen-bond acceptors (Lipinski definition) is 10. The molecule has 176 valence electrons. The van der Waals surface area contributed by atoms with Crippen molar-refractivity contribution in [1.82, 2.24) is 29.7 Å². The van der Waals surface area contributed by atoms with Crippen LogP contribution in [0.15, 0.2) is 18.5 Å². The highest BCUT2D eigenvalue weighted by atomic mass is 32.1. The molecule has 0 radical (unpaired) electrons. The molecule has 9 nitrogen and oxygen atoms in total. The zero-order valence-electron chi connectivity index (χ0n) is 19.6. The summed E-state index contributed by atoms with van der Waals surface area (Å²) in [7, 11) is 6.27. The van der Waals surface area contributed by atoms with E-state index in [4.69, 9.17) is 14.7 Å². The van der Waals surface area contributed by atoms with E-state index in [1.807, 2.05) is 7.05 Å². The summed E-state index contributed by atoms with van der Waals surface area (Å²) in [4.78, 5) is 28.2. The molecule has 2 aliphatic heterocycles. The van der Waals surface area contributed by atoms with Crippen LogP contribution in [0.3, 0.4) is 0 Å². The van der Waals surface area contributed by atoms with Crippen LogP contribution in [-0.4, -0.2) is 96.3 Å². The number of morpholine rings is 1. The van der Waals surface area contributed by atoms with Gasteiger partial charge in [0.05, 0.1) is 24.2 Å². The fourth-order valence-electron chi connectivity index (χ4n) is 4.56. The van der Waals surface area contributed by atoms with Crippen LogP contribution in [-0.2, 0) is 11.3 Å². The largest absolute Gasteiger partial charge is 0.378 e. The molecule has 1 N–H and O–H groups in total. The van der Waals surface area contributed by atoms with Crippen LogP contribution in [0.1, 0.15) is 17.7 Å². The lowest BCUT2D eigenvalue weighted by Gasteiger charge is -2.34. The Morgan fingerprint density at radius 3 is 2.55 bits per heavy atom. The molecule has 2 fully saturated rings. The van der Waals surface area contributed by atoms with Crippen LogP contribution in [0.25, 0.3) is 21.6 Å². The van der Waals surface area contributed by atoms with Crippen molar-refractivity contribution >= 4 is 33.3 Å². The maximum atomic E-state index is 5.59. The average Bonchev–Trinajstić information content (AvgIpc) is 3.26. The number of thiophene rings is 1. The molecule has 33 heavy (non-hydrogen) atoms. The van der Waals surface area contributed by atoms with Crippen molar-refractivity contribution in [2.75, 3.05) is 70.8 Å². The summed E-state index contributed by atoms with van der Waals surface area (Å²) >= 11 is 1.77. The van der Waals surface area contributed by atoms with Crippen molar-refractivity contribution in [2.45, 2.75) is 25.4 Å². The van der Waals surface area contributed by atoms with E-state index < -0.39 is 0 Å². The minimum absolute atomic E-state index is 0.587. The van der Waals surface area contributed by atoms with Gasteiger partial charge in [-0.25, -0.2) is 19.9 Å². The number of anilines is 2. The number of nitrogens with zero attached hydrogens (tertiary/aromatic N) is 7. The highest BCUT2D eigenvalue weighted by Gasteiger charge is 2.23. The maximum Gasteiger partial charge on any atom is 0.222 e. The average molecular weight is 469 g/mol. The predicted octanol–water partition coefficient (Wildman–Crippen LogP) is 2.55. The van der Waals surface area contributed by atoms with Crippen molar-refractivity contribution in [3.63, 3.8) is 0 Å². The van der Waals surface area contributed by atoms with E-state index >= 15 is 0 Å². The Bertz CT molecular complexity index is 1070. The second-order valence-corrected chi connectivity index (χ2v) is 10.0. The number of fused-ring (bicyclic) bond motifs is 1. The zero-order valence-corrected chi connectivity index (χ0v) is 20.4. The van der Waals surface area contributed by atoms with Crippen LogP contribution in [0.2, 0.25) is 0 Å². The van der Waals surface area contributed by atoms with Crippen LogP contribution in [0, 0.1) is 0 Å². The molecule has 0 saturated carbocycles. The lowest BCUT2D eigenvalue weighted by molar-refractivity contribution is 0.122. The molecule has 0 spiro atoms. The van der Waals surface area contributed by atoms with E-state index in [0.717, 1.165) is 54.4 Å². The summed E-state index contributed by atoms with van der Waals surface area (Å²) < 4.78 is 5.59. The van der Waals surface area contributed by atoms with Gasteiger partial charge in [0.2, 0.25) is 5.95 Å². The lowest BCUT2D eigenvalue weighted by Crippen LogP contribution is -2.41. The Morgan fingerprint density at radius 1 is 1.12 bits per heavy atom. The first-order chi connectivity index (χ1) is 16.1. The molecule has 0 aliphatic carbocycles. The van der Waals surface area contributed by atoms with E-state index in [-0.39, 0.29) is 0 Å². The zero-order chi connectivity index (χ0) is 22.8. The van der Waals surface area contributed by atoms with Crippen LogP contribution < -0.4 is 10.2 Å². The van der Waals surface area contributed by atoms with E-state index in [9.17, 15) is 0 Å². The first-order valence-electron chi connectivity index (χ1n) is 11.6. The van der Waals surface area contributed by atoms with E-state index in [0.29, 0.717) is 17.8 Å². The van der Waals surface area contributed by atoms with Crippen LogP contribution >= 0.6 is 11.3 Å². The monoisotopic (exact) mass is 468 g/mol. The molecular weight excluding hydrogens is 436 g/mol. The summed E-state index contributed by atoms with van der Waals surface area (Å²) in [5.41, 5.74) is 0.823. The molecule has 2 saturated heterocycles. The topological polar surface area (TPSA) is 82.5 Å². The molecule has 3 aromatic rings. The third-order valence-electron chi connectivity index (χ3n) is 6.58. The first kappa shape index (κ1) is 22.4. The molecule has 0 unspecified atom stereocenters. The summed E-state index contributed by atoms with van der Waals surface area (Å²) in [6.07, 6.45) is 6.02. The minimum Gasteiger partial charge on any atom is -0.378 e. The Balaban J connectivity index is 1.47. The van der Waals surface area contributed by atoms with Gasteiger partial charge in [-0.05, 0) is 46.1 Å². The van der Waals surface area contributed by atoms with Gasteiger partial charge < -0.3 is 19.9 Å². The highest BCUT2D eigenvalue weighted by Crippen LogP contribution is 2.34. The third kappa shape index (κ3) is 4.93. The SMILES string of the molecule is CNc1ncc(-c2nc(N3CCOCC3)c3cc(CN(C)C4CCN(C)CC4)sc3n2)cn1. The van der Waals surface area contributed by atoms with Crippen molar-refractivity contribution in [1.29, 1.82) is 0 Å². The van der Waals surface area contributed by atoms with Gasteiger partial charge in [-0.1, -0.05) is 0 Å². The van der Waals surface area contributed by atoms with E-state index in [1.54, 1.807) is 23.7 Å². The van der Waals surface area contributed by atoms with Crippen LogP contribution in [0.5, 0.6) is 0 Å². The van der Waals surface area contributed by atoms with Gasteiger partial charge in [-0.15, -0.1) is 11.3 Å². The third-order valence-corrected chi connectivity index (χ3v) is 7.60. The van der Waals surface area contributed by atoms with Crippen molar-refractivity contribution in [2.24, 2.45) is 0 Å². The van der Waals surface area contributed by atoms with Gasteiger partial charge >= 0.3 is 0 Å². The number of likely N-dealkylation sites (tertiary alicyclic amines) is 1. The minimum atomic E-state index is 0.587. The fourth-order valence-corrected chi connectivity index (χ4v) is 5.65. The molecule has 3 aromatic heterocycles. The molecule has 0 aromatic carbocycles. The molecule has 10 heteroatoms. The van der Waals surface area contributed by atoms with Gasteiger partial charge in [0, 0.05) is 50.0 Å². The molecule has 5 rings (SSSR count). The van der Waals surface area contributed by atoms with Gasteiger partial charge in [0.1, 0.15) is 10.6 Å². The number of nitrogens with one attached hydrogen (secondary N) is 1. The van der Waals surface area contributed by atoms with Crippen molar-refractivity contribution in [3.05, 3.63) is 23.3 Å². The Labute approximate surface area is 198 Å². The standard InChI is InChI=1S/C23H32N8OS/c1-24-23-25-13-16(14-26-23)20-27-21(31-8-10-32-11-9-31)19-12-18(33-22(19)28-20)15-30(3)17-4-6-29(2)7-5-17/h12-14,17H,4-11,15H2,1-3H3,(H,24,25,26). The second kappa shape index (κ2) is 9.84. The van der Waals surface area contributed by atoms with Crippen molar-refractivity contribution in [3.8, 4) is 11.4 Å². The number of ether oxygens (including phenoxy) is 1. The highest BCUT2D eigenvalue weighted by molar-refractivity contribution is 7.18. The number of aromatic nitrogens is 4. The normalized spacial score (nSPS) is 18.4. The van der Waals surface area contributed by atoms with Gasteiger partial charge in [0.25, 0.3) is 0 Å². The quantitative estimate of drug-likeness (QED) is 0.587. The molecule has 0 amide bonds. The summed E-state index contributed by atoms with van der Waals surface area (Å²) in [5.74, 6) is 2.24. The van der Waals surface area contributed by atoms with Crippen LogP contribution in [0.4, 0.5) is 11.8 Å². The molecule has 5 heterocycles. The Morgan fingerprint density at radius 2 is 1.85 bits per heavy atom. The Kier molecular flexibility index (Phi) is 6.68. The maximum absolute atomic E-state index is 5.59. The summed E-state index contributed by atoms with van der Waals surface area (Å²) in [6, 6.07) is 2.93. The van der Waals surface area contributed by atoms with Gasteiger partial charge in [-0.3, -0.25) is 4.90 Å². The van der Waals surface area contributed by atoms with E-state index in [2.05, 4.69) is 50.1 Å². The fraction of sp³-hybridized carbons (Fsp3) is 0.565. The second-order valence-electron chi connectivity index (χ2n) is 8.90. The number of rotatable bonds is 6. The smallest absolute Gasteiger partial charge is 0.222 e.